The Hall–Kier alpha value is -3.00. The molecule has 2 N–H and O–H groups in total. The van der Waals surface area contributed by atoms with E-state index in [1.165, 1.54) is 23.1 Å². The molecular formula is C21H28F2N6. The number of anilines is 3. The number of hydrogen-bond acceptors (Lipinski definition) is 5. The smallest absolute Gasteiger partial charge is 0.246 e. The molecule has 0 radical (unpaired) electrons. The number of hydrogen-bond donors (Lipinski definition) is 2. The summed E-state index contributed by atoms with van der Waals surface area (Å²) in [6.07, 6.45) is 2.56. The summed E-state index contributed by atoms with van der Waals surface area (Å²) in [4.78, 5) is 6.53. The lowest BCUT2D eigenvalue weighted by molar-refractivity contribution is 0.420. The van der Waals surface area contributed by atoms with E-state index in [0.29, 0.717) is 12.0 Å². The van der Waals surface area contributed by atoms with Gasteiger partial charge in [0, 0.05) is 39.4 Å². The van der Waals surface area contributed by atoms with Gasteiger partial charge in [-0.3, -0.25) is 0 Å². The lowest BCUT2D eigenvalue weighted by Gasteiger charge is -2.41. The van der Waals surface area contributed by atoms with Crippen LogP contribution in [-0.4, -0.2) is 40.4 Å². The van der Waals surface area contributed by atoms with Crippen LogP contribution in [0.1, 0.15) is 21.8 Å². The molecule has 0 atom stereocenters. The van der Waals surface area contributed by atoms with Crippen LogP contribution in [0.3, 0.4) is 0 Å². The normalized spacial score (nSPS) is 14.1. The third-order valence-electron chi connectivity index (χ3n) is 4.85. The van der Waals surface area contributed by atoms with Crippen LogP contribution < -0.4 is 15.5 Å². The van der Waals surface area contributed by atoms with Crippen molar-refractivity contribution >= 4 is 17.3 Å². The molecular weight excluding hydrogens is 374 g/mol. The van der Waals surface area contributed by atoms with Crippen molar-refractivity contribution in [3.8, 4) is 5.69 Å². The number of rotatable bonds is 7. The topological polar surface area (TPSA) is 58.0 Å². The van der Waals surface area contributed by atoms with Gasteiger partial charge in [-0.1, -0.05) is 6.92 Å². The Labute approximate surface area is 171 Å². The van der Waals surface area contributed by atoms with Crippen molar-refractivity contribution in [3.05, 3.63) is 59.9 Å². The van der Waals surface area contributed by atoms with Gasteiger partial charge in [0.25, 0.3) is 0 Å². The van der Waals surface area contributed by atoms with E-state index in [0.717, 1.165) is 49.1 Å². The lowest BCUT2D eigenvalue weighted by atomic mass is 10.1. The zero-order valence-corrected chi connectivity index (χ0v) is 16.5. The highest BCUT2D eigenvalue weighted by atomic mass is 19.1. The molecule has 1 fully saturated rings. The molecule has 29 heavy (non-hydrogen) atoms. The molecule has 1 aliphatic heterocycles. The van der Waals surface area contributed by atoms with E-state index in [2.05, 4.69) is 44.7 Å². The molecule has 4 rings (SSSR count). The van der Waals surface area contributed by atoms with Crippen molar-refractivity contribution in [2.45, 2.75) is 26.3 Å². The molecule has 0 unspecified atom stereocenters. The summed E-state index contributed by atoms with van der Waals surface area (Å²) in [5, 5.41) is 11.0. The minimum Gasteiger partial charge on any atom is -0.368 e. The van der Waals surface area contributed by atoms with Gasteiger partial charge in [0.15, 0.2) is 0 Å². The summed E-state index contributed by atoms with van der Waals surface area (Å²) in [6, 6.07) is 10.0. The highest BCUT2D eigenvalue weighted by Gasteiger charge is 2.26. The third kappa shape index (κ3) is 4.54. The second-order valence-corrected chi connectivity index (χ2v) is 7.38. The van der Waals surface area contributed by atoms with Crippen LogP contribution in [0.25, 0.3) is 5.69 Å². The van der Waals surface area contributed by atoms with E-state index in [1.54, 1.807) is 0 Å². The van der Waals surface area contributed by atoms with Gasteiger partial charge in [0.1, 0.15) is 18.0 Å². The molecule has 1 saturated heterocycles. The minimum atomic E-state index is -0.658. The maximum Gasteiger partial charge on any atom is 0.246 e. The monoisotopic (exact) mass is 402 g/mol. The van der Waals surface area contributed by atoms with Crippen LogP contribution in [0.4, 0.5) is 26.1 Å². The Morgan fingerprint density at radius 1 is 1.07 bits per heavy atom. The molecule has 156 valence electrons. The average Bonchev–Trinajstić information content (AvgIpc) is 3.08. The van der Waals surface area contributed by atoms with Gasteiger partial charge in [0.05, 0.1) is 5.69 Å². The maximum atomic E-state index is 13.4. The fourth-order valence-electron chi connectivity index (χ4n) is 3.43. The predicted molar refractivity (Wildman–Crippen MR) is 114 cm³/mol. The Kier molecular flexibility index (Phi) is 5.44. The Bertz CT molecular complexity index is 987. The minimum absolute atomic E-state index is 0. The first-order valence-electron chi connectivity index (χ1n) is 9.75. The first-order chi connectivity index (χ1) is 14.0. The molecule has 0 aliphatic carbocycles. The highest BCUT2D eigenvalue weighted by molar-refractivity contribution is 5.64. The van der Waals surface area contributed by atoms with E-state index in [-0.39, 0.29) is 8.54 Å². The largest absolute Gasteiger partial charge is 0.368 e. The number of nitrogens with zero attached hydrogens (tertiary/aromatic N) is 4. The van der Waals surface area contributed by atoms with Crippen molar-refractivity contribution in [1.29, 1.82) is 0 Å². The van der Waals surface area contributed by atoms with Crippen LogP contribution >= 0.6 is 0 Å². The van der Waals surface area contributed by atoms with E-state index in [1.807, 2.05) is 13.0 Å². The molecule has 0 spiro atoms. The van der Waals surface area contributed by atoms with Gasteiger partial charge in [0.2, 0.25) is 5.95 Å². The summed E-state index contributed by atoms with van der Waals surface area (Å²) in [6.45, 7) is 7.23. The van der Waals surface area contributed by atoms with Gasteiger partial charge in [-0.2, -0.15) is 4.98 Å². The van der Waals surface area contributed by atoms with Crippen molar-refractivity contribution in [3.63, 3.8) is 0 Å². The quantitative estimate of drug-likeness (QED) is 0.618. The number of halogens is 2. The van der Waals surface area contributed by atoms with Crippen LogP contribution in [0, 0.1) is 18.6 Å². The summed E-state index contributed by atoms with van der Waals surface area (Å²) in [5.41, 5.74) is 3.42. The molecule has 0 bridgehead atoms. The molecule has 1 aromatic heterocycles. The van der Waals surface area contributed by atoms with Gasteiger partial charge in [-0.25, -0.2) is 13.5 Å². The fourth-order valence-corrected chi connectivity index (χ4v) is 3.43. The molecule has 0 amide bonds. The number of aromatic nitrogens is 3. The number of aryl methyl sites for hydroxylation is 1. The summed E-state index contributed by atoms with van der Waals surface area (Å²) in [5.74, 6) is -0.957. The third-order valence-corrected chi connectivity index (χ3v) is 4.85. The van der Waals surface area contributed by atoms with Crippen LogP contribution in [0.15, 0.2) is 42.7 Å². The summed E-state index contributed by atoms with van der Waals surface area (Å²) >= 11 is 0. The van der Waals surface area contributed by atoms with Gasteiger partial charge < -0.3 is 15.5 Å². The van der Waals surface area contributed by atoms with E-state index in [4.69, 9.17) is 0 Å². The van der Waals surface area contributed by atoms with Gasteiger partial charge in [-0.15, -0.1) is 5.10 Å². The first kappa shape index (κ1) is 19.3. The van der Waals surface area contributed by atoms with Crippen LogP contribution in [-0.2, 0) is 0 Å². The second kappa shape index (κ2) is 8.16. The standard InChI is InChI=1S/C21H24F2N6.2H2/c1-3-4-24-18-11-28(12-18)19-6-14(2)5-17(10-19)26-21-25-13-29(27-21)20-8-15(22)7-16(23)9-20;;/h5-10,13,18,24H,3-4,11-12H2,1-2H3,(H,26,27);2*1H. The van der Waals surface area contributed by atoms with E-state index in [9.17, 15) is 8.78 Å². The maximum absolute atomic E-state index is 13.4. The van der Waals surface area contributed by atoms with Crippen molar-refractivity contribution < 1.29 is 11.6 Å². The fraction of sp³-hybridized carbons (Fsp3) is 0.333. The molecule has 6 nitrogen and oxygen atoms in total. The highest BCUT2D eigenvalue weighted by Crippen LogP contribution is 2.27. The summed E-state index contributed by atoms with van der Waals surface area (Å²) in [7, 11) is 0. The van der Waals surface area contributed by atoms with Crippen LogP contribution in [0.5, 0.6) is 0 Å². The van der Waals surface area contributed by atoms with Gasteiger partial charge >= 0.3 is 0 Å². The second-order valence-electron chi connectivity index (χ2n) is 7.38. The van der Waals surface area contributed by atoms with Gasteiger partial charge in [-0.05, 0) is 55.8 Å². The van der Waals surface area contributed by atoms with E-state index >= 15 is 0 Å². The Balaban J connectivity index is 0.00000171. The molecule has 0 saturated carbocycles. The number of benzene rings is 2. The molecule has 2 heterocycles. The summed E-state index contributed by atoms with van der Waals surface area (Å²) < 4.78 is 28.2. The average molecular weight is 402 g/mol. The molecule has 8 heteroatoms. The number of nitrogens with one attached hydrogen (secondary N) is 2. The van der Waals surface area contributed by atoms with Crippen molar-refractivity contribution in [2.75, 3.05) is 29.9 Å². The van der Waals surface area contributed by atoms with Crippen LogP contribution in [0.2, 0.25) is 0 Å². The van der Waals surface area contributed by atoms with Crippen molar-refractivity contribution in [1.82, 2.24) is 20.1 Å². The Morgan fingerprint density at radius 2 is 1.83 bits per heavy atom. The van der Waals surface area contributed by atoms with Crippen molar-refractivity contribution in [2.24, 2.45) is 0 Å². The predicted octanol–water partition coefficient (Wildman–Crippen LogP) is 4.28. The Morgan fingerprint density at radius 3 is 2.55 bits per heavy atom. The lowest BCUT2D eigenvalue weighted by Crippen LogP contribution is -2.58. The molecule has 3 aromatic rings. The zero-order valence-electron chi connectivity index (χ0n) is 16.5. The van der Waals surface area contributed by atoms with E-state index < -0.39 is 11.6 Å². The molecule has 1 aliphatic rings. The molecule has 2 aromatic carbocycles. The zero-order chi connectivity index (χ0) is 20.4. The SMILES string of the molecule is CCCNC1CN(c2cc(C)cc(Nc3ncn(-c4cc(F)cc(F)c4)n3)c2)C1.[HH].[HH]. The first-order valence-corrected chi connectivity index (χ1v) is 9.75.